The highest BCUT2D eigenvalue weighted by atomic mass is 15.0. The van der Waals surface area contributed by atoms with Crippen LogP contribution in [0.4, 0.5) is 0 Å². The van der Waals surface area contributed by atoms with Crippen molar-refractivity contribution >= 4 is 0 Å². The van der Waals surface area contributed by atoms with Crippen LogP contribution >= 0.6 is 0 Å². The van der Waals surface area contributed by atoms with Gasteiger partial charge in [-0.2, -0.15) is 0 Å². The van der Waals surface area contributed by atoms with Crippen LogP contribution < -0.4 is 0 Å². The summed E-state index contributed by atoms with van der Waals surface area (Å²) in [5.74, 6) is 7.81. The van der Waals surface area contributed by atoms with Crippen molar-refractivity contribution in [1.82, 2.24) is 0 Å². The minimum absolute atomic E-state index is 0.723. The molecule has 3 rings (SSSR count). The molecule has 0 saturated heterocycles. The Morgan fingerprint density at radius 2 is 1.47 bits per heavy atom. The highest BCUT2D eigenvalue weighted by molar-refractivity contribution is 5.39. The van der Waals surface area contributed by atoms with E-state index in [-0.39, 0.29) is 0 Å². The zero-order chi connectivity index (χ0) is 14.3. The van der Waals surface area contributed by atoms with E-state index in [9.17, 15) is 0 Å². The van der Waals surface area contributed by atoms with Gasteiger partial charge in [-0.05, 0) is 64.6 Å². The largest absolute Gasteiger partial charge is 0.0625 e. The van der Waals surface area contributed by atoms with Gasteiger partial charge in [0, 0.05) is 0 Å². The van der Waals surface area contributed by atoms with Crippen molar-refractivity contribution in [1.29, 1.82) is 0 Å². The van der Waals surface area contributed by atoms with E-state index in [4.69, 9.17) is 0 Å². The SMILES string of the molecule is CC(C)C1C(C)C1C(C)CC12C(C)C1(C)C2C(C)C. The summed E-state index contributed by atoms with van der Waals surface area (Å²) in [6.45, 7) is 19.9. The first-order valence-electron chi connectivity index (χ1n) is 8.71. The molecule has 0 radical (unpaired) electrons. The average Bonchev–Trinajstić information content (AvgIpc) is 3.18. The van der Waals surface area contributed by atoms with Gasteiger partial charge in [0.25, 0.3) is 0 Å². The first kappa shape index (κ1) is 14.0. The van der Waals surface area contributed by atoms with Gasteiger partial charge in [0.2, 0.25) is 0 Å². The smallest absolute Gasteiger partial charge is 0.0168 e. The summed E-state index contributed by atoms with van der Waals surface area (Å²) in [6, 6.07) is 0. The van der Waals surface area contributed by atoms with E-state index in [1.165, 1.54) is 6.42 Å². The third kappa shape index (κ3) is 1.47. The molecule has 0 spiro atoms. The molecule has 0 aliphatic heterocycles. The fraction of sp³-hybridized carbons (Fsp3) is 1.00. The standard InChI is InChI=1S/C19H34/c1-10(2)15-13(6)16(15)12(5)9-19-14(7)18(19,8)17(19)11(3)4/h10-17H,9H2,1-8H3. The van der Waals surface area contributed by atoms with Crippen molar-refractivity contribution in [2.75, 3.05) is 0 Å². The Bertz CT molecular complexity index is 381. The summed E-state index contributed by atoms with van der Waals surface area (Å²) in [6.07, 6.45) is 1.52. The van der Waals surface area contributed by atoms with Gasteiger partial charge in [0.1, 0.15) is 0 Å². The van der Waals surface area contributed by atoms with Crippen LogP contribution in [0.25, 0.3) is 0 Å². The van der Waals surface area contributed by atoms with Gasteiger partial charge in [-0.15, -0.1) is 0 Å². The second-order valence-electron chi connectivity index (χ2n) is 9.21. The van der Waals surface area contributed by atoms with Crippen LogP contribution in [-0.4, -0.2) is 0 Å². The summed E-state index contributed by atoms with van der Waals surface area (Å²) in [5.41, 5.74) is 1.48. The molecule has 3 aliphatic carbocycles. The number of fused-ring (bicyclic) bond motifs is 1. The van der Waals surface area contributed by atoms with Crippen molar-refractivity contribution in [3.63, 3.8) is 0 Å². The Balaban J connectivity index is 1.65. The molecule has 0 heterocycles. The molecule has 8 atom stereocenters. The molecule has 0 heteroatoms. The van der Waals surface area contributed by atoms with Crippen molar-refractivity contribution in [3.8, 4) is 0 Å². The van der Waals surface area contributed by atoms with Crippen molar-refractivity contribution in [2.24, 2.45) is 58.2 Å². The quantitative estimate of drug-likeness (QED) is 0.615. The summed E-state index contributed by atoms with van der Waals surface area (Å²) < 4.78 is 0. The van der Waals surface area contributed by atoms with E-state index in [2.05, 4.69) is 55.4 Å². The lowest BCUT2D eigenvalue weighted by molar-refractivity contribution is 0.242. The minimum Gasteiger partial charge on any atom is -0.0625 e. The number of hydrogen-bond acceptors (Lipinski definition) is 0. The van der Waals surface area contributed by atoms with E-state index in [0.717, 1.165) is 58.2 Å². The van der Waals surface area contributed by atoms with Crippen LogP contribution in [0.5, 0.6) is 0 Å². The monoisotopic (exact) mass is 262 g/mol. The van der Waals surface area contributed by atoms with Gasteiger partial charge < -0.3 is 0 Å². The maximum atomic E-state index is 2.57. The Morgan fingerprint density at radius 1 is 0.895 bits per heavy atom. The molecule has 0 N–H and O–H groups in total. The number of rotatable bonds is 5. The topological polar surface area (TPSA) is 0 Å². The second kappa shape index (κ2) is 3.80. The van der Waals surface area contributed by atoms with Crippen LogP contribution in [0.2, 0.25) is 0 Å². The summed E-state index contributed by atoms with van der Waals surface area (Å²) in [7, 11) is 0. The van der Waals surface area contributed by atoms with E-state index in [1.54, 1.807) is 0 Å². The van der Waals surface area contributed by atoms with Gasteiger partial charge in [0.15, 0.2) is 0 Å². The average molecular weight is 262 g/mol. The molecule has 3 saturated carbocycles. The highest BCUT2D eigenvalue weighted by Crippen LogP contribution is 2.96. The summed E-state index contributed by atoms with van der Waals surface area (Å²) >= 11 is 0. The summed E-state index contributed by atoms with van der Waals surface area (Å²) in [4.78, 5) is 0. The zero-order valence-electron chi connectivity index (χ0n) is 14.3. The molecule has 0 aromatic heterocycles. The predicted molar refractivity (Wildman–Crippen MR) is 82.8 cm³/mol. The maximum absolute atomic E-state index is 2.57. The Hall–Kier alpha value is 0. The van der Waals surface area contributed by atoms with Gasteiger partial charge in [-0.25, -0.2) is 0 Å². The predicted octanol–water partition coefficient (Wildman–Crippen LogP) is 5.48. The molecule has 0 aromatic rings. The van der Waals surface area contributed by atoms with Crippen LogP contribution in [0.3, 0.4) is 0 Å². The third-order valence-electron chi connectivity index (χ3n) is 7.98. The van der Waals surface area contributed by atoms with Crippen molar-refractivity contribution in [2.45, 2.75) is 61.8 Å². The van der Waals surface area contributed by atoms with Crippen LogP contribution in [-0.2, 0) is 0 Å². The maximum Gasteiger partial charge on any atom is -0.0168 e. The fourth-order valence-electron chi connectivity index (χ4n) is 7.18. The fourth-order valence-corrected chi connectivity index (χ4v) is 7.18. The lowest BCUT2D eigenvalue weighted by Crippen LogP contribution is -2.18. The molecule has 3 fully saturated rings. The molecular formula is C19H34. The van der Waals surface area contributed by atoms with E-state index in [1.807, 2.05) is 0 Å². The minimum atomic E-state index is 0.723. The molecule has 0 amide bonds. The molecule has 3 aliphatic rings. The lowest BCUT2D eigenvalue weighted by atomic mass is 9.81. The lowest BCUT2D eigenvalue weighted by Gasteiger charge is -2.24. The van der Waals surface area contributed by atoms with E-state index in [0.29, 0.717) is 0 Å². The van der Waals surface area contributed by atoms with Crippen LogP contribution in [0.15, 0.2) is 0 Å². The first-order valence-corrected chi connectivity index (χ1v) is 8.71. The zero-order valence-corrected chi connectivity index (χ0v) is 14.3. The first-order chi connectivity index (χ1) is 8.71. The molecular weight excluding hydrogens is 228 g/mol. The van der Waals surface area contributed by atoms with Crippen molar-refractivity contribution in [3.05, 3.63) is 0 Å². The van der Waals surface area contributed by atoms with Gasteiger partial charge >= 0.3 is 0 Å². The second-order valence-corrected chi connectivity index (χ2v) is 9.21. The Kier molecular flexibility index (Phi) is 2.79. The van der Waals surface area contributed by atoms with Crippen LogP contribution in [0, 0.1) is 58.2 Å². The van der Waals surface area contributed by atoms with Crippen molar-refractivity contribution < 1.29 is 0 Å². The van der Waals surface area contributed by atoms with E-state index >= 15 is 0 Å². The third-order valence-corrected chi connectivity index (χ3v) is 7.98. The van der Waals surface area contributed by atoms with Gasteiger partial charge in [-0.3, -0.25) is 0 Å². The number of hydrogen-bond donors (Lipinski definition) is 0. The van der Waals surface area contributed by atoms with Gasteiger partial charge in [0.05, 0.1) is 0 Å². The van der Waals surface area contributed by atoms with Gasteiger partial charge in [-0.1, -0.05) is 55.4 Å². The van der Waals surface area contributed by atoms with Crippen LogP contribution in [0.1, 0.15) is 61.8 Å². The highest BCUT2D eigenvalue weighted by Gasteiger charge is 2.92. The molecule has 110 valence electrons. The molecule has 19 heavy (non-hydrogen) atoms. The summed E-state index contributed by atoms with van der Waals surface area (Å²) in [5, 5.41) is 0. The molecule has 0 bridgehead atoms. The normalized spacial score (nSPS) is 56.2. The molecule has 8 unspecified atom stereocenters. The van der Waals surface area contributed by atoms with E-state index < -0.39 is 0 Å². The Morgan fingerprint density at radius 3 is 1.79 bits per heavy atom. The Labute approximate surface area is 120 Å². The molecule has 0 aromatic carbocycles. The molecule has 0 nitrogen and oxygen atoms in total.